The van der Waals surface area contributed by atoms with Gasteiger partial charge in [-0.25, -0.2) is 8.78 Å². The van der Waals surface area contributed by atoms with Gasteiger partial charge < -0.3 is 20.7 Å². The van der Waals surface area contributed by atoms with E-state index in [2.05, 4.69) is 10.6 Å². The molecular formula is C24H25BF2N2O4. The van der Waals surface area contributed by atoms with Gasteiger partial charge in [-0.3, -0.25) is 9.59 Å². The van der Waals surface area contributed by atoms with Crippen molar-refractivity contribution in [3.8, 4) is 0 Å². The summed E-state index contributed by atoms with van der Waals surface area (Å²) in [5.41, 5.74) is 1.94. The second kappa shape index (κ2) is 13.1. The monoisotopic (exact) mass is 454 g/mol. The third-order valence-electron chi connectivity index (χ3n) is 4.47. The van der Waals surface area contributed by atoms with E-state index in [-0.39, 0.29) is 18.7 Å². The highest BCUT2D eigenvalue weighted by atomic mass is 19.1. The summed E-state index contributed by atoms with van der Waals surface area (Å²) in [5.74, 6) is -1.56. The highest BCUT2D eigenvalue weighted by Crippen LogP contribution is 2.19. The summed E-state index contributed by atoms with van der Waals surface area (Å²) in [7, 11) is -1.67. The normalized spacial score (nSPS) is 10.9. The van der Waals surface area contributed by atoms with E-state index < -0.39 is 30.8 Å². The molecule has 0 radical (unpaired) electrons. The van der Waals surface area contributed by atoms with E-state index in [9.17, 15) is 18.4 Å². The van der Waals surface area contributed by atoms with Crippen molar-refractivity contribution in [3.63, 3.8) is 0 Å². The number of carbonyl (C=O) groups excluding carboxylic acids is 2. The van der Waals surface area contributed by atoms with Crippen LogP contribution in [0.1, 0.15) is 33.9 Å². The van der Waals surface area contributed by atoms with Crippen LogP contribution < -0.4 is 10.6 Å². The third kappa shape index (κ3) is 9.63. The number of benzene rings is 3. The maximum absolute atomic E-state index is 13.5. The predicted molar refractivity (Wildman–Crippen MR) is 122 cm³/mol. The number of hydrogen-bond donors (Lipinski definition) is 4. The van der Waals surface area contributed by atoms with Crippen molar-refractivity contribution in [2.45, 2.75) is 19.4 Å². The van der Waals surface area contributed by atoms with Gasteiger partial charge in [0, 0.05) is 5.56 Å². The Balaban J connectivity index is 0.000000405. The quantitative estimate of drug-likeness (QED) is 0.413. The zero-order chi connectivity index (χ0) is 24.2. The number of nitrogens with one attached hydrogen (secondary N) is 2. The lowest BCUT2D eigenvalue weighted by atomic mass is 9.92. The maximum atomic E-state index is 13.5. The minimum absolute atomic E-state index is 0.171. The van der Waals surface area contributed by atoms with Crippen LogP contribution >= 0.6 is 0 Å². The first-order valence-corrected chi connectivity index (χ1v) is 10.2. The summed E-state index contributed by atoms with van der Waals surface area (Å²) in [6, 6.07) is 19.7. The molecule has 0 saturated carbocycles. The molecule has 0 spiro atoms. The smallest absolute Gasteiger partial charge is 0.426 e. The van der Waals surface area contributed by atoms with Crippen LogP contribution in [0.3, 0.4) is 0 Å². The average molecular weight is 454 g/mol. The van der Waals surface area contributed by atoms with Crippen LogP contribution in [0.2, 0.25) is 0 Å². The van der Waals surface area contributed by atoms with E-state index >= 15 is 0 Å². The van der Waals surface area contributed by atoms with Crippen molar-refractivity contribution in [1.29, 1.82) is 0 Å². The molecule has 0 saturated heterocycles. The maximum Gasteiger partial charge on any atom is 0.472 e. The van der Waals surface area contributed by atoms with Crippen molar-refractivity contribution in [2.75, 3.05) is 6.44 Å². The van der Waals surface area contributed by atoms with Crippen molar-refractivity contribution in [1.82, 2.24) is 10.6 Å². The fourth-order valence-corrected chi connectivity index (χ4v) is 2.80. The van der Waals surface area contributed by atoms with Gasteiger partial charge in [0.15, 0.2) is 0 Å². The fraction of sp³-hybridized carbons (Fsp3) is 0.167. The van der Waals surface area contributed by atoms with Crippen LogP contribution in [0, 0.1) is 18.6 Å². The number of aryl methyl sites for hydroxylation is 1. The molecule has 0 aliphatic carbocycles. The standard InChI is InChI=1S/C17H18BFN2O4.C7H7F/c19-14-8-4-7-13(9-14)15(10-16(22)20-11-18(24)25)21-17(23)12-5-2-1-3-6-12;1-6-2-4-7(8)5-3-6/h1-9,15,24-25H,10-11H2,(H,20,22)(H,21,23);2-5H,1H3. The molecule has 0 aliphatic heterocycles. The summed E-state index contributed by atoms with van der Waals surface area (Å²) in [5, 5.41) is 22.6. The van der Waals surface area contributed by atoms with Gasteiger partial charge in [-0.1, -0.05) is 48.0 Å². The number of halogens is 2. The average Bonchev–Trinajstić information content (AvgIpc) is 2.80. The predicted octanol–water partition coefficient (Wildman–Crippen LogP) is 2.95. The van der Waals surface area contributed by atoms with Crippen molar-refractivity contribution in [3.05, 3.63) is 107 Å². The summed E-state index contributed by atoms with van der Waals surface area (Å²) in [6.07, 6.45) is -0.504. The van der Waals surface area contributed by atoms with Gasteiger partial charge in [0.2, 0.25) is 5.91 Å². The molecule has 1 atom stereocenters. The molecule has 0 aromatic heterocycles. The Kier molecular flexibility index (Phi) is 10.2. The molecule has 9 heteroatoms. The topological polar surface area (TPSA) is 98.7 Å². The molecule has 6 nitrogen and oxygen atoms in total. The largest absolute Gasteiger partial charge is 0.472 e. The zero-order valence-electron chi connectivity index (χ0n) is 18.0. The Hall–Kier alpha value is -3.56. The number of carbonyl (C=O) groups is 2. The van der Waals surface area contributed by atoms with Crippen LogP contribution in [-0.4, -0.2) is 35.4 Å². The number of hydrogen-bond acceptors (Lipinski definition) is 4. The summed E-state index contributed by atoms with van der Waals surface area (Å²) >= 11 is 0. The van der Waals surface area contributed by atoms with E-state index in [1.165, 1.54) is 30.3 Å². The van der Waals surface area contributed by atoms with Gasteiger partial charge in [0.1, 0.15) is 11.6 Å². The number of amides is 2. The Labute approximate surface area is 191 Å². The highest BCUT2D eigenvalue weighted by molar-refractivity contribution is 6.41. The minimum Gasteiger partial charge on any atom is -0.426 e. The molecule has 4 N–H and O–H groups in total. The van der Waals surface area contributed by atoms with E-state index in [1.54, 1.807) is 48.5 Å². The minimum atomic E-state index is -1.67. The van der Waals surface area contributed by atoms with Gasteiger partial charge in [0.05, 0.1) is 18.9 Å². The molecule has 33 heavy (non-hydrogen) atoms. The van der Waals surface area contributed by atoms with Crippen LogP contribution in [0.25, 0.3) is 0 Å². The first-order chi connectivity index (χ1) is 15.7. The van der Waals surface area contributed by atoms with Gasteiger partial charge in [0.25, 0.3) is 5.91 Å². The third-order valence-corrected chi connectivity index (χ3v) is 4.47. The number of rotatable bonds is 7. The lowest BCUT2D eigenvalue weighted by Crippen LogP contribution is -2.38. The second-order valence-corrected chi connectivity index (χ2v) is 7.23. The Bertz CT molecular complexity index is 1010. The van der Waals surface area contributed by atoms with Crippen molar-refractivity contribution >= 4 is 18.9 Å². The van der Waals surface area contributed by atoms with Crippen molar-refractivity contribution < 1.29 is 28.4 Å². The van der Waals surface area contributed by atoms with Gasteiger partial charge in [-0.2, -0.15) is 0 Å². The molecule has 1 unspecified atom stereocenters. The van der Waals surface area contributed by atoms with Crippen LogP contribution in [0.15, 0.2) is 78.9 Å². The van der Waals surface area contributed by atoms with E-state index in [0.29, 0.717) is 11.1 Å². The summed E-state index contributed by atoms with van der Waals surface area (Å²) in [6.45, 7) is 1.93. The molecule has 2 amide bonds. The first-order valence-electron chi connectivity index (χ1n) is 10.2. The van der Waals surface area contributed by atoms with Crippen LogP contribution in [-0.2, 0) is 4.79 Å². The molecule has 0 aliphatic rings. The Morgan fingerprint density at radius 3 is 2.15 bits per heavy atom. The molecule has 0 bridgehead atoms. The lowest BCUT2D eigenvalue weighted by molar-refractivity contribution is -0.121. The Morgan fingerprint density at radius 2 is 1.58 bits per heavy atom. The molecule has 3 rings (SSSR count). The van der Waals surface area contributed by atoms with E-state index in [0.717, 1.165) is 5.56 Å². The second-order valence-electron chi connectivity index (χ2n) is 7.23. The van der Waals surface area contributed by atoms with Crippen LogP contribution in [0.4, 0.5) is 8.78 Å². The molecule has 0 heterocycles. The van der Waals surface area contributed by atoms with E-state index in [1.807, 2.05) is 6.92 Å². The lowest BCUT2D eigenvalue weighted by Gasteiger charge is -2.19. The van der Waals surface area contributed by atoms with Gasteiger partial charge in [-0.05, 0) is 48.9 Å². The SMILES string of the molecule is Cc1ccc(F)cc1.O=C(CC(NC(=O)c1ccccc1)c1cccc(F)c1)NCB(O)O. The molecule has 0 fully saturated rings. The Morgan fingerprint density at radius 1 is 0.909 bits per heavy atom. The fourth-order valence-electron chi connectivity index (χ4n) is 2.80. The highest BCUT2D eigenvalue weighted by Gasteiger charge is 2.20. The molecule has 172 valence electrons. The van der Waals surface area contributed by atoms with Gasteiger partial charge >= 0.3 is 7.12 Å². The molecule has 3 aromatic carbocycles. The van der Waals surface area contributed by atoms with Crippen LogP contribution in [0.5, 0.6) is 0 Å². The zero-order valence-corrected chi connectivity index (χ0v) is 18.0. The van der Waals surface area contributed by atoms with Gasteiger partial charge in [-0.15, -0.1) is 0 Å². The first kappa shape index (κ1) is 25.7. The van der Waals surface area contributed by atoms with Crippen molar-refractivity contribution in [2.24, 2.45) is 0 Å². The molecule has 3 aromatic rings. The summed E-state index contributed by atoms with van der Waals surface area (Å²) in [4.78, 5) is 24.3. The summed E-state index contributed by atoms with van der Waals surface area (Å²) < 4.78 is 25.6. The molecular weight excluding hydrogens is 429 g/mol. The van der Waals surface area contributed by atoms with E-state index in [4.69, 9.17) is 10.0 Å².